The van der Waals surface area contributed by atoms with Gasteiger partial charge in [0, 0.05) is 6.42 Å². The maximum absolute atomic E-state index is 13.4. The van der Waals surface area contributed by atoms with Crippen molar-refractivity contribution in [1.29, 1.82) is 0 Å². The molecule has 0 aromatic carbocycles. The number of allylic oxidation sites excluding steroid dienone is 17. The molecule has 564 valence electrons. The van der Waals surface area contributed by atoms with Gasteiger partial charge in [-0.3, -0.25) is 4.79 Å². The normalized spacial score (nSPS) is 27.4. The number of carbonyl (C=O) groups is 1. The molecule has 3 aliphatic rings. The molecule has 3 rings (SSSR count). The standard InChI is InChI=1S/C79H135NO18/c1-3-5-7-9-11-13-15-17-19-21-23-25-27-28-29-30-31-32-33-35-36-38-40-42-44-46-48-50-52-54-56-63(84)62(80-67(85)57-55-53-51-49-47-45-43-41-39-37-34-26-24-22-20-18-16-14-12-10-8-6-4-2)61-93-77-73(91)70(88)75(65(59-82)95-77)98-79-74(92)71(89)76(66(60-83)96-79)97-78-72(90)69(87)68(86)64(58-81)94-78/h6,8,12,14,18,20,24,26,37,39,43,45-46,48-49,51,54,56,62-66,68-79,81-84,86-92H,3-5,7,9-11,13,15-17,19,21-23,25,27-36,38,40-42,44,47,50,52-53,55,57-61H2,1-2H3,(H,80,85)/b8-6-,14-12-,20-18-,26-24-,39-37-,45-43-,48-46+,51-49-,56-54+. The number of amides is 1. The number of rotatable bonds is 58. The van der Waals surface area contributed by atoms with E-state index in [1.807, 2.05) is 12.2 Å². The Morgan fingerprint density at radius 3 is 1.14 bits per heavy atom. The summed E-state index contributed by atoms with van der Waals surface area (Å²) in [6.07, 6.45) is 53.7. The lowest BCUT2D eigenvalue weighted by molar-refractivity contribution is -0.379. The highest BCUT2D eigenvalue weighted by atomic mass is 16.8. The molecule has 98 heavy (non-hydrogen) atoms. The van der Waals surface area contributed by atoms with Crippen molar-refractivity contribution in [2.75, 3.05) is 26.4 Å². The van der Waals surface area contributed by atoms with Crippen LogP contribution in [0.3, 0.4) is 0 Å². The minimum Gasteiger partial charge on any atom is -0.394 e. The highest BCUT2D eigenvalue weighted by molar-refractivity contribution is 5.76. The Balaban J connectivity index is 1.43. The van der Waals surface area contributed by atoms with Gasteiger partial charge in [-0.15, -0.1) is 0 Å². The summed E-state index contributed by atoms with van der Waals surface area (Å²) in [6, 6.07) is -1.03. The fourth-order valence-corrected chi connectivity index (χ4v) is 12.2. The van der Waals surface area contributed by atoms with Crippen LogP contribution in [0.2, 0.25) is 0 Å². The second kappa shape index (κ2) is 58.9. The number of hydrogen-bond donors (Lipinski definition) is 12. The first kappa shape index (κ1) is 88.7. The van der Waals surface area contributed by atoms with Crippen LogP contribution in [0.4, 0.5) is 0 Å². The molecule has 0 saturated carbocycles. The fraction of sp³-hybridized carbons (Fsp3) is 0.759. The van der Waals surface area contributed by atoms with Crippen molar-refractivity contribution < 1.29 is 89.4 Å². The molecule has 0 aliphatic carbocycles. The van der Waals surface area contributed by atoms with Crippen molar-refractivity contribution in [3.05, 3.63) is 109 Å². The van der Waals surface area contributed by atoms with Crippen LogP contribution in [0.25, 0.3) is 0 Å². The third-order valence-corrected chi connectivity index (χ3v) is 18.3. The Kier molecular flexibility index (Phi) is 53.3. The van der Waals surface area contributed by atoms with Crippen molar-refractivity contribution in [2.45, 2.75) is 356 Å². The van der Waals surface area contributed by atoms with Gasteiger partial charge >= 0.3 is 0 Å². The first-order valence-corrected chi connectivity index (χ1v) is 38.1. The number of hydrogen-bond acceptors (Lipinski definition) is 18. The molecule has 0 aromatic heterocycles. The first-order chi connectivity index (χ1) is 47.8. The van der Waals surface area contributed by atoms with Gasteiger partial charge in [-0.2, -0.15) is 0 Å². The molecule has 3 aliphatic heterocycles. The number of aliphatic hydroxyl groups excluding tert-OH is 11. The van der Waals surface area contributed by atoms with Crippen LogP contribution in [-0.2, 0) is 33.2 Å². The molecule has 19 heteroatoms. The molecule has 3 saturated heterocycles. The van der Waals surface area contributed by atoms with Crippen molar-refractivity contribution >= 4 is 5.91 Å². The monoisotopic (exact) mass is 1390 g/mol. The van der Waals surface area contributed by atoms with Crippen LogP contribution in [0.5, 0.6) is 0 Å². The molecule has 3 heterocycles. The Labute approximate surface area is 589 Å². The van der Waals surface area contributed by atoms with Gasteiger partial charge < -0.3 is 89.9 Å². The Morgan fingerprint density at radius 1 is 0.378 bits per heavy atom. The van der Waals surface area contributed by atoms with E-state index in [0.29, 0.717) is 19.3 Å². The van der Waals surface area contributed by atoms with Gasteiger partial charge in [-0.1, -0.05) is 271 Å². The van der Waals surface area contributed by atoms with Crippen LogP contribution < -0.4 is 5.32 Å². The fourth-order valence-electron chi connectivity index (χ4n) is 12.2. The van der Waals surface area contributed by atoms with E-state index in [0.717, 1.165) is 64.2 Å². The molecular formula is C79H135NO18. The molecule has 17 unspecified atom stereocenters. The van der Waals surface area contributed by atoms with Crippen LogP contribution in [-0.4, -0.2) is 193 Å². The van der Waals surface area contributed by atoms with Gasteiger partial charge in [-0.25, -0.2) is 0 Å². The summed E-state index contributed by atoms with van der Waals surface area (Å²) in [5.41, 5.74) is 0. The van der Waals surface area contributed by atoms with E-state index in [1.165, 1.54) is 148 Å². The van der Waals surface area contributed by atoms with Crippen molar-refractivity contribution in [3.8, 4) is 0 Å². The highest BCUT2D eigenvalue weighted by Gasteiger charge is 2.53. The molecule has 19 nitrogen and oxygen atoms in total. The average Bonchev–Trinajstić information content (AvgIpc) is 0.785. The average molecular weight is 1390 g/mol. The smallest absolute Gasteiger partial charge is 0.220 e. The predicted octanol–water partition coefficient (Wildman–Crippen LogP) is 11.8. The number of nitrogens with one attached hydrogen (secondary N) is 1. The summed E-state index contributed by atoms with van der Waals surface area (Å²) in [4.78, 5) is 13.4. The summed E-state index contributed by atoms with van der Waals surface area (Å²) >= 11 is 0. The summed E-state index contributed by atoms with van der Waals surface area (Å²) in [6.45, 7) is 1.57. The third kappa shape index (κ3) is 39.2. The van der Waals surface area contributed by atoms with Crippen molar-refractivity contribution in [1.82, 2.24) is 5.32 Å². The molecule has 1 amide bonds. The number of aliphatic hydroxyl groups is 11. The highest BCUT2D eigenvalue weighted by Crippen LogP contribution is 2.33. The Bertz CT molecular complexity index is 2200. The Morgan fingerprint density at radius 2 is 0.714 bits per heavy atom. The first-order valence-electron chi connectivity index (χ1n) is 38.1. The van der Waals surface area contributed by atoms with E-state index in [2.05, 4.69) is 110 Å². The second-order valence-electron chi connectivity index (χ2n) is 26.7. The molecule has 0 radical (unpaired) electrons. The van der Waals surface area contributed by atoms with Crippen LogP contribution >= 0.6 is 0 Å². The van der Waals surface area contributed by atoms with E-state index in [-0.39, 0.29) is 12.3 Å². The van der Waals surface area contributed by atoms with Gasteiger partial charge in [0.05, 0.1) is 38.6 Å². The topological polar surface area (TPSA) is 307 Å². The van der Waals surface area contributed by atoms with Crippen LogP contribution in [0.1, 0.15) is 251 Å². The van der Waals surface area contributed by atoms with Gasteiger partial charge in [0.2, 0.25) is 5.91 Å². The second-order valence-corrected chi connectivity index (χ2v) is 26.7. The molecule has 17 atom stereocenters. The molecule has 0 aromatic rings. The lowest BCUT2D eigenvalue weighted by atomic mass is 9.96. The van der Waals surface area contributed by atoms with Crippen LogP contribution in [0, 0.1) is 0 Å². The minimum atomic E-state index is -1.99. The van der Waals surface area contributed by atoms with Gasteiger partial charge in [0.15, 0.2) is 18.9 Å². The van der Waals surface area contributed by atoms with Gasteiger partial charge in [0.25, 0.3) is 0 Å². The maximum atomic E-state index is 13.4. The van der Waals surface area contributed by atoms with Crippen LogP contribution in [0.15, 0.2) is 109 Å². The summed E-state index contributed by atoms with van der Waals surface area (Å²) in [7, 11) is 0. The van der Waals surface area contributed by atoms with E-state index in [1.54, 1.807) is 6.08 Å². The van der Waals surface area contributed by atoms with Gasteiger partial charge in [0.1, 0.15) is 73.2 Å². The van der Waals surface area contributed by atoms with E-state index < -0.39 is 131 Å². The van der Waals surface area contributed by atoms with E-state index in [9.17, 15) is 61.0 Å². The largest absolute Gasteiger partial charge is 0.394 e. The zero-order valence-corrected chi connectivity index (χ0v) is 60.0. The lowest BCUT2D eigenvalue weighted by Gasteiger charge is -2.48. The number of carbonyl (C=O) groups excluding carboxylic acids is 1. The molecular weight excluding hydrogens is 1250 g/mol. The zero-order valence-electron chi connectivity index (χ0n) is 60.0. The maximum Gasteiger partial charge on any atom is 0.220 e. The zero-order chi connectivity index (χ0) is 71.1. The minimum absolute atomic E-state index is 0.149. The quantitative estimate of drug-likeness (QED) is 0.0199. The summed E-state index contributed by atoms with van der Waals surface area (Å²) < 4.78 is 34.3. The lowest BCUT2D eigenvalue weighted by Crippen LogP contribution is -2.66. The third-order valence-electron chi connectivity index (χ3n) is 18.3. The van der Waals surface area contributed by atoms with Gasteiger partial charge in [-0.05, 0) is 83.5 Å². The molecule has 0 spiro atoms. The Hall–Kier alpha value is -3.55. The predicted molar refractivity (Wildman–Crippen MR) is 387 cm³/mol. The summed E-state index contributed by atoms with van der Waals surface area (Å²) in [5, 5.41) is 121. The van der Waals surface area contributed by atoms with E-state index >= 15 is 0 Å². The SMILES string of the molecule is CC/C=C\C/C=C\C/C=C\C/C=C\C/C=C\C/C=C\C/C=C\CCCC(=O)NC(COC1OC(CO)C(OC2OC(CO)C(OC3OC(CO)C(O)C(O)C3O)C(O)C2O)C(O)C1O)C(O)/C=C/CC/C=C/CCCCCCCCCCCCCCCCCCCCCCCCCC. The van der Waals surface area contributed by atoms with E-state index in [4.69, 9.17) is 28.4 Å². The van der Waals surface area contributed by atoms with Crippen molar-refractivity contribution in [3.63, 3.8) is 0 Å². The molecule has 3 fully saturated rings. The summed E-state index contributed by atoms with van der Waals surface area (Å²) in [5.74, 6) is -0.345. The number of unbranched alkanes of at least 4 members (excludes halogenated alkanes) is 26. The number of ether oxygens (including phenoxy) is 6. The molecule has 12 N–H and O–H groups in total. The van der Waals surface area contributed by atoms with Crippen molar-refractivity contribution in [2.24, 2.45) is 0 Å². The molecule has 0 bridgehead atoms.